The Morgan fingerprint density at radius 1 is 1.11 bits per heavy atom. The number of aromatic nitrogens is 2. The minimum Gasteiger partial charge on any atom is -0.378 e. The number of fused-ring (bicyclic) bond motifs is 1. The van der Waals surface area contributed by atoms with Gasteiger partial charge in [0.2, 0.25) is 0 Å². The predicted octanol–water partition coefficient (Wildman–Crippen LogP) is 1.39. The SMILES string of the molecule is O=C(NCCn1nc2c(cc1=O)CCCC2)c1ccc(N2CCOCC2)cc1. The van der Waals surface area contributed by atoms with Crippen molar-refractivity contribution in [3.05, 3.63) is 57.5 Å². The Labute approximate surface area is 164 Å². The number of nitrogens with one attached hydrogen (secondary N) is 1. The first kappa shape index (κ1) is 18.7. The van der Waals surface area contributed by atoms with Gasteiger partial charge in [0.05, 0.1) is 25.5 Å². The van der Waals surface area contributed by atoms with E-state index in [9.17, 15) is 9.59 Å². The predicted molar refractivity (Wildman–Crippen MR) is 107 cm³/mol. The highest BCUT2D eigenvalue weighted by Gasteiger charge is 2.14. The van der Waals surface area contributed by atoms with Gasteiger partial charge in [-0.05, 0) is 55.5 Å². The van der Waals surface area contributed by atoms with Gasteiger partial charge in [0.1, 0.15) is 0 Å². The molecule has 2 heterocycles. The van der Waals surface area contributed by atoms with Crippen LogP contribution in [0.3, 0.4) is 0 Å². The normalized spacial score (nSPS) is 16.5. The number of hydrogen-bond acceptors (Lipinski definition) is 5. The Morgan fingerprint density at radius 3 is 2.64 bits per heavy atom. The van der Waals surface area contributed by atoms with Crippen LogP contribution in [-0.2, 0) is 24.1 Å². The van der Waals surface area contributed by atoms with Crippen molar-refractivity contribution in [2.75, 3.05) is 37.7 Å². The lowest BCUT2D eigenvalue weighted by Gasteiger charge is -2.28. The summed E-state index contributed by atoms with van der Waals surface area (Å²) in [6, 6.07) is 9.31. The molecule has 148 valence electrons. The van der Waals surface area contributed by atoms with Crippen molar-refractivity contribution in [2.45, 2.75) is 32.2 Å². The van der Waals surface area contributed by atoms with Crippen molar-refractivity contribution in [2.24, 2.45) is 0 Å². The minimum atomic E-state index is -0.139. The van der Waals surface area contributed by atoms with E-state index < -0.39 is 0 Å². The summed E-state index contributed by atoms with van der Waals surface area (Å²) in [7, 11) is 0. The van der Waals surface area contributed by atoms with Crippen molar-refractivity contribution in [1.82, 2.24) is 15.1 Å². The largest absolute Gasteiger partial charge is 0.378 e. The fraction of sp³-hybridized carbons (Fsp3) is 0.476. The second-order valence-corrected chi connectivity index (χ2v) is 7.29. The first-order chi connectivity index (χ1) is 13.7. The molecular weight excluding hydrogens is 356 g/mol. The number of carbonyl (C=O) groups is 1. The lowest BCUT2D eigenvalue weighted by atomic mass is 9.97. The molecule has 1 saturated heterocycles. The van der Waals surface area contributed by atoms with Gasteiger partial charge in [-0.1, -0.05) is 0 Å². The fourth-order valence-electron chi connectivity index (χ4n) is 3.78. The van der Waals surface area contributed by atoms with Crippen LogP contribution in [0.2, 0.25) is 0 Å². The molecule has 1 fully saturated rings. The summed E-state index contributed by atoms with van der Waals surface area (Å²) in [6.45, 7) is 3.96. The topological polar surface area (TPSA) is 76.5 Å². The number of morpholine rings is 1. The summed E-state index contributed by atoms with van der Waals surface area (Å²) in [6.07, 6.45) is 4.11. The molecule has 4 rings (SSSR count). The van der Waals surface area contributed by atoms with E-state index in [1.54, 1.807) is 6.07 Å². The number of carbonyl (C=O) groups excluding carboxylic acids is 1. The average molecular weight is 382 g/mol. The molecule has 7 nitrogen and oxygen atoms in total. The van der Waals surface area contributed by atoms with Gasteiger partial charge in [-0.15, -0.1) is 0 Å². The van der Waals surface area contributed by atoms with Crippen LogP contribution in [0.15, 0.2) is 35.1 Å². The smallest absolute Gasteiger partial charge is 0.267 e. The van der Waals surface area contributed by atoms with Crippen molar-refractivity contribution < 1.29 is 9.53 Å². The Bertz CT molecular complexity index is 886. The van der Waals surface area contributed by atoms with Crippen LogP contribution >= 0.6 is 0 Å². The number of rotatable bonds is 5. The fourth-order valence-corrected chi connectivity index (χ4v) is 3.78. The monoisotopic (exact) mass is 382 g/mol. The Morgan fingerprint density at radius 2 is 1.86 bits per heavy atom. The van der Waals surface area contributed by atoms with Crippen LogP contribution in [0, 0.1) is 0 Å². The summed E-state index contributed by atoms with van der Waals surface area (Å²) in [4.78, 5) is 26.8. The Balaban J connectivity index is 1.32. The zero-order chi connectivity index (χ0) is 19.3. The van der Waals surface area contributed by atoms with Gasteiger partial charge in [-0.25, -0.2) is 4.68 Å². The molecule has 0 saturated carbocycles. The number of hydrogen-bond donors (Lipinski definition) is 1. The maximum atomic E-state index is 12.4. The maximum absolute atomic E-state index is 12.4. The molecule has 2 aliphatic rings. The Hall–Kier alpha value is -2.67. The van der Waals surface area contributed by atoms with Crippen LogP contribution in [0.4, 0.5) is 5.69 Å². The van der Waals surface area contributed by atoms with Crippen LogP contribution < -0.4 is 15.8 Å². The third-order valence-corrected chi connectivity index (χ3v) is 5.39. The average Bonchev–Trinajstić information content (AvgIpc) is 2.75. The van der Waals surface area contributed by atoms with Crippen LogP contribution in [0.25, 0.3) is 0 Å². The summed E-state index contributed by atoms with van der Waals surface area (Å²) in [5.41, 5.74) is 3.73. The molecule has 1 N–H and O–H groups in total. The zero-order valence-corrected chi connectivity index (χ0v) is 16.0. The number of ether oxygens (including phenoxy) is 1. The summed E-state index contributed by atoms with van der Waals surface area (Å²) < 4.78 is 6.83. The maximum Gasteiger partial charge on any atom is 0.267 e. The molecule has 7 heteroatoms. The van der Waals surface area contributed by atoms with Gasteiger partial charge in [0.25, 0.3) is 11.5 Å². The molecule has 0 spiro atoms. The first-order valence-corrected chi connectivity index (χ1v) is 10.0. The van der Waals surface area contributed by atoms with Crippen molar-refractivity contribution in [1.29, 1.82) is 0 Å². The molecule has 1 amide bonds. The van der Waals surface area contributed by atoms with Crippen LogP contribution in [-0.4, -0.2) is 48.5 Å². The van der Waals surface area contributed by atoms with E-state index in [0.717, 1.165) is 68.9 Å². The van der Waals surface area contributed by atoms with Gasteiger partial charge in [-0.2, -0.15) is 5.10 Å². The molecule has 0 bridgehead atoms. The lowest BCUT2D eigenvalue weighted by molar-refractivity contribution is 0.0951. The Kier molecular flexibility index (Phi) is 5.71. The van der Waals surface area contributed by atoms with E-state index in [4.69, 9.17) is 4.74 Å². The minimum absolute atomic E-state index is 0.0928. The van der Waals surface area contributed by atoms with Gasteiger partial charge < -0.3 is 15.0 Å². The van der Waals surface area contributed by atoms with Crippen molar-refractivity contribution in [3.63, 3.8) is 0 Å². The number of aryl methyl sites for hydroxylation is 2. The number of anilines is 1. The summed E-state index contributed by atoms with van der Waals surface area (Å²) in [5.74, 6) is -0.139. The third-order valence-electron chi connectivity index (χ3n) is 5.39. The van der Waals surface area contributed by atoms with Crippen LogP contribution in [0.1, 0.15) is 34.5 Å². The third kappa shape index (κ3) is 4.25. The highest BCUT2D eigenvalue weighted by atomic mass is 16.5. The van der Waals surface area contributed by atoms with E-state index in [2.05, 4.69) is 15.3 Å². The first-order valence-electron chi connectivity index (χ1n) is 10.0. The van der Waals surface area contributed by atoms with Gasteiger partial charge in [0.15, 0.2) is 0 Å². The quantitative estimate of drug-likeness (QED) is 0.846. The highest BCUT2D eigenvalue weighted by Crippen LogP contribution is 2.17. The van der Waals surface area contributed by atoms with E-state index in [1.807, 2.05) is 24.3 Å². The summed E-state index contributed by atoms with van der Waals surface area (Å²) in [5, 5.41) is 7.36. The molecule has 1 aliphatic heterocycles. The standard InChI is InChI=1S/C21H26N4O3/c26-20-15-17-3-1-2-4-19(17)23-25(20)10-9-22-21(27)16-5-7-18(8-6-16)24-11-13-28-14-12-24/h5-8,15H,1-4,9-14H2,(H,22,27). The molecule has 1 aromatic heterocycles. The summed E-state index contributed by atoms with van der Waals surface area (Å²) >= 11 is 0. The molecule has 0 atom stereocenters. The number of amides is 1. The molecule has 28 heavy (non-hydrogen) atoms. The van der Waals surface area contributed by atoms with E-state index in [1.165, 1.54) is 4.68 Å². The number of benzene rings is 1. The lowest BCUT2D eigenvalue weighted by Crippen LogP contribution is -2.36. The van der Waals surface area contributed by atoms with E-state index in [-0.39, 0.29) is 11.5 Å². The van der Waals surface area contributed by atoms with Gasteiger partial charge in [-0.3, -0.25) is 9.59 Å². The molecular formula is C21H26N4O3. The van der Waals surface area contributed by atoms with Crippen LogP contribution in [0.5, 0.6) is 0 Å². The molecule has 1 aromatic carbocycles. The van der Waals surface area contributed by atoms with Crippen molar-refractivity contribution >= 4 is 11.6 Å². The second-order valence-electron chi connectivity index (χ2n) is 7.29. The molecule has 1 aliphatic carbocycles. The van der Waals surface area contributed by atoms with E-state index >= 15 is 0 Å². The van der Waals surface area contributed by atoms with Crippen molar-refractivity contribution in [3.8, 4) is 0 Å². The molecule has 2 aromatic rings. The van der Waals surface area contributed by atoms with Gasteiger partial charge in [0, 0.05) is 37.0 Å². The molecule has 0 unspecified atom stereocenters. The highest BCUT2D eigenvalue weighted by molar-refractivity contribution is 5.94. The number of nitrogens with zero attached hydrogens (tertiary/aromatic N) is 3. The van der Waals surface area contributed by atoms with E-state index in [0.29, 0.717) is 18.7 Å². The zero-order valence-electron chi connectivity index (χ0n) is 16.0. The second kappa shape index (κ2) is 8.56. The molecule has 0 radical (unpaired) electrons. The van der Waals surface area contributed by atoms with Gasteiger partial charge >= 0.3 is 0 Å².